The van der Waals surface area contributed by atoms with Gasteiger partial charge in [0, 0.05) is 30.3 Å². The van der Waals surface area contributed by atoms with Crippen LogP contribution in [-0.4, -0.2) is 34.4 Å². The Hall–Kier alpha value is -1.47. The second-order valence-corrected chi connectivity index (χ2v) is 7.67. The summed E-state index contributed by atoms with van der Waals surface area (Å²) in [6.07, 6.45) is 0. The van der Waals surface area contributed by atoms with E-state index in [2.05, 4.69) is 51.7 Å². The van der Waals surface area contributed by atoms with Gasteiger partial charge in [-0.2, -0.15) is 0 Å². The number of aromatic nitrogens is 2. The highest BCUT2D eigenvalue weighted by Crippen LogP contribution is 2.19. The summed E-state index contributed by atoms with van der Waals surface area (Å²) in [4.78, 5) is 16.0. The molecule has 126 valence electrons. The van der Waals surface area contributed by atoms with Gasteiger partial charge in [-0.25, -0.2) is 15.0 Å². The topological polar surface area (TPSA) is 53.4 Å². The zero-order chi connectivity index (χ0) is 16.8. The number of guanidine groups is 1. The van der Waals surface area contributed by atoms with Gasteiger partial charge < -0.3 is 10.2 Å². The monoisotopic (exact) mass is 351 g/mol. The molecule has 7 heteroatoms. The van der Waals surface area contributed by atoms with Crippen molar-refractivity contribution in [3.8, 4) is 0 Å². The first kappa shape index (κ1) is 17.9. The highest BCUT2D eigenvalue weighted by molar-refractivity contribution is 7.09. The molecule has 23 heavy (non-hydrogen) atoms. The molecule has 0 bridgehead atoms. The molecule has 0 aliphatic heterocycles. The van der Waals surface area contributed by atoms with E-state index < -0.39 is 0 Å². The number of hydrogen-bond acceptors (Lipinski definition) is 5. The van der Waals surface area contributed by atoms with E-state index in [1.165, 1.54) is 5.01 Å². The van der Waals surface area contributed by atoms with Crippen molar-refractivity contribution in [2.75, 3.05) is 13.6 Å². The fourth-order valence-electron chi connectivity index (χ4n) is 2.08. The van der Waals surface area contributed by atoms with Crippen molar-refractivity contribution in [2.45, 2.75) is 46.7 Å². The largest absolute Gasteiger partial charge is 0.357 e. The van der Waals surface area contributed by atoms with Gasteiger partial charge in [-0.05, 0) is 13.8 Å². The SMILES string of the molecule is CCNC(=NCc1csc(C(C)C)n1)N(C)Cc1csc(C)n1. The second-order valence-electron chi connectivity index (χ2n) is 5.72. The van der Waals surface area contributed by atoms with Crippen LogP contribution in [0.25, 0.3) is 0 Å². The lowest BCUT2D eigenvalue weighted by molar-refractivity contribution is 0.470. The molecular formula is C16H25N5S2. The van der Waals surface area contributed by atoms with Gasteiger partial charge in [0.05, 0.1) is 34.5 Å². The van der Waals surface area contributed by atoms with E-state index >= 15 is 0 Å². The van der Waals surface area contributed by atoms with Crippen LogP contribution < -0.4 is 5.32 Å². The summed E-state index contributed by atoms with van der Waals surface area (Å²) in [7, 11) is 2.04. The minimum Gasteiger partial charge on any atom is -0.357 e. The van der Waals surface area contributed by atoms with Gasteiger partial charge >= 0.3 is 0 Å². The molecular weight excluding hydrogens is 326 g/mol. The smallest absolute Gasteiger partial charge is 0.194 e. The van der Waals surface area contributed by atoms with Crippen LogP contribution in [0.2, 0.25) is 0 Å². The van der Waals surface area contributed by atoms with Gasteiger partial charge in [-0.1, -0.05) is 13.8 Å². The summed E-state index contributed by atoms with van der Waals surface area (Å²) in [6.45, 7) is 10.6. The summed E-state index contributed by atoms with van der Waals surface area (Å²) in [6, 6.07) is 0. The van der Waals surface area contributed by atoms with Crippen molar-refractivity contribution in [3.63, 3.8) is 0 Å². The summed E-state index contributed by atoms with van der Waals surface area (Å²) in [5.74, 6) is 1.36. The fraction of sp³-hybridized carbons (Fsp3) is 0.562. The minimum absolute atomic E-state index is 0.474. The number of nitrogens with one attached hydrogen (secondary N) is 1. The normalized spacial score (nSPS) is 12.0. The molecule has 1 N–H and O–H groups in total. The Morgan fingerprint density at radius 2 is 2.00 bits per heavy atom. The Morgan fingerprint density at radius 3 is 2.57 bits per heavy atom. The molecule has 0 aliphatic carbocycles. The summed E-state index contributed by atoms with van der Waals surface area (Å²) >= 11 is 3.39. The molecule has 2 aromatic rings. The average Bonchev–Trinajstić information content (AvgIpc) is 3.12. The van der Waals surface area contributed by atoms with E-state index in [9.17, 15) is 0 Å². The first-order chi connectivity index (χ1) is 11.0. The maximum atomic E-state index is 4.71. The summed E-state index contributed by atoms with van der Waals surface area (Å²) in [5.41, 5.74) is 2.11. The molecule has 0 atom stereocenters. The van der Waals surface area contributed by atoms with Crippen molar-refractivity contribution >= 4 is 28.6 Å². The van der Waals surface area contributed by atoms with Gasteiger partial charge in [0.15, 0.2) is 5.96 Å². The lowest BCUT2D eigenvalue weighted by Crippen LogP contribution is -2.38. The van der Waals surface area contributed by atoms with Gasteiger partial charge in [0.2, 0.25) is 0 Å². The Balaban J connectivity index is 2.03. The van der Waals surface area contributed by atoms with Crippen molar-refractivity contribution in [1.29, 1.82) is 0 Å². The van der Waals surface area contributed by atoms with Crippen LogP contribution >= 0.6 is 22.7 Å². The predicted molar refractivity (Wildman–Crippen MR) is 99.3 cm³/mol. The van der Waals surface area contributed by atoms with Crippen LogP contribution in [0.1, 0.15) is 48.1 Å². The van der Waals surface area contributed by atoms with Crippen LogP contribution in [0.4, 0.5) is 0 Å². The van der Waals surface area contributed by atoms with E-state index in [4.69, 9.17) is 4.99 Å². The number of hydrogen-bond donors (Lipinski definition) is 1. The zero-order valence-electron chi connectivity index (χ0n) is 14.5. The van der Waals surface area contributed by atoms with E-state index in [-0.39, 0.29) is 0 Å². The molecule has 0 aromatic carbocycles. The number of aryl methyl sites for hydroxylation is 1. The molecule has 2 aromatic heterocycles. The number of aliphatic imine (C=N–C) groups is 1. The summed E-state index contributed by atoms with van der Waals surface area (Å²) in [5, 5.41) is 9.81. The molecule has 0 amide bonds. The Labute approximate surface area is 146 Å². The molecule has 0 unspecified atom stereocenters. The van der Waals surface area contributed by atoms with Gasteiger partial charge in [-0.3, -0.25) is 0 Å². The van der Waals surface area contributed by atoms with Gasteiger partial charge in [0.1, 0.15) is 0 Å². The third-order valence-electron chi connectivity index (χ3n) is 3.22. The molecule has 0 fully saturated rings. The fourth-order valence-corrected chi connectivity index (χ4v) is 3.51. The first-order valence-electron chi connectivity index (χ1n) is 7.84. The third kappa shape index (κ3) is 5.28. The molecule has 0 radical (unpaired) electrons. The standard InChI is InChI=1S/C16H25N5S2/c1-6-17-16(21(5)8-14-10-22-12(4)19-14)18-7-13-9-23-15(20-13)11(2)3/h9-11H,6-8H2,1-5H3,(H,17,18). The molecule has 2 heterocycles. The number of rotatable bonds is 6. The van der Waals surface area contributed by atoms with E-state index in [1.54, 1.807) is 22.7 Å². The lowest BCUT2D eigenvalue weighted by atomic mass is 10.2. The zero-order valence-corrected chi connectivity index (χ0v) is 16.1. The van der Waals surface area contributed by atoms with Crippen molar-refractivity contribution in [1.82, 2.24) is 20.2 Å². The highest BCUT2D eigenvalue weighted by Gasteiger charge is 2.10. The Kier molecular flexibility index (Phi) is 6.53. The van der Waals surface area contributed by atoms with Crippen molar-refractivity contribution in [2.24, 2.45) is 4.99 Å². The van der Waals surface area contributed by atoms with E-state index in [1.807, 2.05) is 14.0 Å². The first-order valence-corrected chi connectivity index (χ1v) is 9.60. The minimum atomic E-state index is 0.474. The van der Waals surface area contributed by atoms with E-state index in [0.29, 0.717) is 12.5 Å². The molecule has 5 nitrogen and oxygen atoms in total. The van der Waals surface area contributed by atoms with Crippen LogP contribution in [0.3, 0.4) is 0 Å². The predicted octanol–water partition coefficient (Wildman–Crippen LogP) is 3.63. The maximum Gasteiger partial charge on any atom is 0.194 e. The maximum absolute atomic E-state index is 4.71. The average molecular weight is 352 g/mol. The van der Waals surface area contributed by atoms with Gasteiger partial charge in [-0.15, -0.1) is 22.7 Å². The Morgan fingerprint density at radius 1 is 1.26 bits per heavy atom. The van der Waals surface area contributed by atoms with Gasteiger partial charge in [0.25, 0.3) is 0 Å². The highest BCUT2D eigenvalue weighted by atomic mass is 32.1. The quantitative estimate of drug-likeness (QED) is 0.638. The van der Waals surface area contributed by atoms with Crippen LogP contribution in [0, 0.1) is 6.92 Å². The third-order valence-corrected chi connectivity index (χ3v) is 5.23. The van der Waals surface area contributed by atoms with Crippen LogP contribution in [0.15, 0.2) is 15.8 Å². The Bertz CT molecular complexity index is 644. The van der Waals surface area contributed by atoms with Crippen molar-refractivity contribution in [3.05, 3.63) is 32.2 Å². The number of nitrogens with zero attached hydrogens (tertiary/aromatic N) is 4. The second kappa shape index (κ2) is 8.40. The molecule has 0 saturated carbocycles. The van der Waals surface area contributed by atoms with Crippen LogP contribution in [0.5, 0.6) is 0 Å². The van der Waals surface area contributed by atoms with Crippen molar-refractivity contribution < 1.29 is 0 Å². The molecule has 2 rings (SSSR count). The summed E-state index contributed by atoms with van der Waals surface area (Å²) < 4.78 is 0. The molecule has 0 saturated heterocycles. The van der Waals surface area contributed by atoms with E-state index in [0.717, 1.165) is 35.4 Å². The van der Waals surface area contributed by atoms with Crippen LogP contribution in [-0.2, 0) is 13.1 Å². The lowest BCUT2D eigenvalue weighted by Gasteiger charge is -2.21. The molecule has 0 aliphatic rings. The number of thiazole rings is 2. The molecule has 0 spiro atoms.